The zero-order valence-corrected chi connectivity index (χ0v) is 15.5. The summed E-state index contributed by atoms with van der Waals surface area (Å²) in [6, 6.07) is 16.8. The molecule has 6 heteroatoms. The van der Waals surface area contributed by atoms with Crippen molar-refractivity contribution in [3.8, 4) is 0 Å². The van der Waals surface area contributed by atoms with Crippen molar-refractivity contribution in [1.82, 2.24) is 5.32 Å². The quantitative estimate of drug-likeness (QED) is 0.594. The smallest absolute Gasteiger partial charge is 0.325 e. The Morgan fingerprint density at radius 1 is 1.07 bits per heavy atom. The molecule has 0 spiro atoms. The zero-order chi connectivity index (χ0) is 19.8. The molecular formula is C22H22N2O4. The summed E-state index contributed by atoms with van der Waals surface area (Å²) in [5.74, 6) is -0.734. The van der Waals surface area contributed by atoms with Gasteiger partial charge in [0.05, 0.1) is 0 Å². The van der Waals surface area contributed by atoms with Crippen LogP contribution in [0.15, 0.2) is 60.7 Å². The summed E-state index contributed by atoms with van der Waals surface area (Å²) >= 11 is 0. The maximum atomic E-state index is 11.9. The minimum atomic E-state index is -0.495. The maximum absolute atomic E-state index is 11.9. The average Bonchev–Trinajstić information content (AvgIpc) is 3.16. The highest BCUT2D eigenvalue weighted by atomic mass is 16.5. The van der Waals surface area contributed by atoms with Crippen molar-refractivity contribution in [2.24, 2.45) is 0 Å². The summed E-state index contributed by atoms with van der Waals surface area (Å²) < 4.78 is 5.10. The Bertz CT molecular complexity index is 860. The van der Waals surface area contributed by atoms with Crippen molar-refractivity contribution in [3.63, 3.8) is 0 Å². The second-order valence-corrected chi connectivity index (χ2v) is 6.44. The van der Waals surface area contributed by atoms with E-state index in [1.165, 1.54) is 6.08 Å². The van der Waals surface area contributed by atoms with E-state index in [0.717, 1.165) is 29.8 Å². The van der Waals surface area contributed by atoms with E-state index >= 15 is 0 Å². The summed E-state index contributed by atoms with van der Waals surface area (Å²) in [6.07, 6.45) is 4.49. The number of benzene rings is 2. The van der Waals surface area contributed by atoms with Gasteiger partial charge < -0.3 is 15.0 Å². The van der Waals surface area contributed by atoms with Gasteiger partial charge in [-0.3, -0.25) is 14.4 Å². The molecule has 0 bridgehead atoms. The van der Waals surface area contributed by atoms with Crippen LogP contribution in [0.1, 0.15) is 24.0 Å². The third-order valence-corrected chi connectivity index (χ3v) is 4.35. The van der Waals surface area contributed by atoms with E-state index in [1.54, 1.807) is 11.0 Å². The molecule has 0 unspecified atom stereocenters. The van der Waals surface area contributed by atoms with Gasteiger partial charge in [-0.05, 0) is 35.8 Å². The lowest BCUT2D eigenvalue weighted by Gasteiger charge is -2.15. The van der Waals surface area contributed by atoms with E-state index in [2.05, 4.69) is 5.32 Å². The molecule has 0 aliphatic carbocycles. The van der Waals surface area contributed by atoms with Crippen LogP contribution in [0, 0.1) is 0 Å². The van der Waals surface area contributed by atoms with Crippen LogP contribution in [-0.4, -0.2) is 30.9 Å². The molecule has 0 aromatic heterocycles. The number of amides is 2. The Labute approximate surface area is 163 Å². The topological polar surface area (TPSA) is 75.7 Å². The van der Waals surface area contributed by atoms with Gasteiger partial charge in [0.2, 0.25) is 11.8 Å². The van der Waals surface area contributed by atoms with Gasteiger partial charge in [-0.25, -0.2) is 0 Å². The second kappa shape index (κ2) is 9.50. The molecule has 1 N–H and O–H groups in total. The van der Waals surface area contributed by atoms with Crippen LogP contribution in [-0.2, 0) is 25.7 Å². The Kier molecular flexibility index (Phi) is 6.57. The van der Waals surface area contributed by atoms with E-state index in [0.29, 0.717) is 6.42 Å². The number of hydrogen-bond donors (Lipinski definition) is 1. The number of nitrogens with zero attached hydrogens (tertiary/aromatic N) is 1. The van der Waals surface area contributed by atoms with Crippen LogP contribution < -0.4 is 10.2 Å². The number of hydrogen-bond acceptors (Lipinski definition) is 4. The third kappa shape index (κ3) is 5.54. The molecule has 1 fully saturated rings. The van der Waals surface area contributed by atoms with Gasteiger partial charge >= 0.3 is 5.97 Å². The van der Waals surface area contributed by atoms with Gasteiger partial charge in [0, 0.05) is 24.7 Å². The predicted octanol–water partition coefficient (Wildman–Crippen LogP) is 2.69. The van der Waals surface area contributed by atoms with Crippen LogP contribution in [0.4, 0.5) is 5.69 Å². The molecular weight excluding hydrogens is 356 g/mol. The first-order valence-electron chi connectivity index (χ1n) is 9.18. The van der Waals surface area contributed by atoms with Gasteiger partial charge in [0.1, 0.15) is 13.2 Å². The number of esters is 1. The molecule has 6 nitrogen and oxygen atoms in total. The summed E-state index contributed by atoms with van der Waals surface area (Å²) in [4.78, 5) is 37.1. The first kappa shape index (κ1) is 19.4. The largest absolute Gasteiger partial charge is 0.460 e. The molecule has 2 aromatic carbocycles. The van der Waals surface area contributed by atoms with Crippen LogP contribution in [0.25, 0.3) is 6.08 Å². The van der Waals surface area contributed by atoms with Crippen LogP contribution >= 0.6 is 0 Å². The van der Waals surface area contributed by atoms with Crippen molar-refractivity contribution >= 4 is 29.5 Å². The van der Waals surface area contributed by atoms with Crippen molar-refractivity contribution in [3.05, 3.63) is 71.8 Å². The van der Waals surface area contributed by atoms with Crippen LogP contribution in [0.5, 0.6) is 0 Å². The van der Waals surface area contributed by atoms with E-state index in [4.69, 9.17) is 4.74 Å². The summed E-state index contributed by atoms with van der Waals surface area (Å²) in [5.41, 5.74) is 2.59. The molecule has 1 saturated heterocycles. The van der Waals surface area contributed by atoms with E-state index < -0.39 is 5.97 Å². The number of ether oxygens (including phenoxy) is 1. The highest BCUT2D eigenvalue weighted by Crippen LogP contribution is 2.21. The monoisotopic (exact) mass is 378 g/mol. The Hall–Kier alpha value is -3.41. The van der Waals surface area contributed by atoms with Crippen LogP contribution in [0.3, 0.4) is 0 Å². The highest BCUT2D eigenvalue weighted by molar-refractivity contribution is 5.96. The van der Waals surface area contributed by atoms with Gasteiger partial charge in [-0.1, -0.05) is 42.5 Å². The first-order valence-corrected chi connectivity index (χ1v) is 9.18. The SMILES string of the molecule is O=C(/C=C/c1ccc(N2CCCC2=O)cc1)NCC(=O)OCc1ccccc1. The lowest BCUT2D eigenvalue weighted by molar-refractivity contribution is -0.144. The van der Waals surface area contributed by atoms with E-state index in [9.17, 15) is 14.4 Å². The minimum Gasteiger partial charge on any atom is -0.460 e. The molecule has 1 heterocycles. The molecule has 0 radical (unpaired) electrons. The lowest BCUT2D eigenvalue weighted by atomic mass is 10.2. The predicted molar refractivity (Wildman–Crippen MR) is 106 cm³/mol. The zero-order valence-electron chi connectivity index (χ0n) is 15.5. The van der Waals surface area contributed by atoms with Gasteiger partial charge in [0.15, 0.2) is 0 Å². The molecule has 1 aliphatic rings. The second-order valence-electron chi connectivity index (χ2n) is 6.44. The third-order valence-electron chi connectivity index (χ3n) is 4.35. The lowest BCUT2D eigenvalue weighted by Crippen LogP contribution is -2.29. The van der Waals surface area contributed by atoms with E-state index in [-0.39, 0.29) is 25.0 Å². The molecule has 144 valence electrons. The molecule has 3 rings (SSSR count). The Morgan fingerprint density at radius 2 is 1.82 bits per heavy atom. The first-order chi connectivity index (χ1) is 13.6. The molecule has 2 amide bonds. The molecule has 2 aromatic rings. The Morgan fingerprint density at radius 3 is 2.50 bits per heavy atom. The van der Waals surface area contributed by atoms with Gasteiger partial charge in [-0.15, -0.1) is 0 Å². The van der Waals surface area contributed by atoms with Crippen LogP contribution in [0.2, 0.25) is 0 Å². The van der Waals surface area contributed by atoms with Crippen molar-refractivity contribution in [2.75, 3.05) is 18.0 Å². The molecule has 28 heavy (non-hydrogen) atoms. The number of carbonyl (C=O) groups excluding carboxylic acids is 3. The summed E-state index contributed by atoms with van der Waals surface area (Å²) in [5, 5.41) is 2.50. The fourth-order valence-corrected chi connectivity index (χ4v) is 2.87. The van der Waals surface area contributed by atoms with Crippen molar-refractivity contribution < 1.29 is 19.1 Å². The highest BCUT2D eigenvalue weighted by Gasteiger charge is 2.21. The fraction of sp³-hybridized carbons (Fsp3) is 0.227. The Balaban J connectivity index is 1.42. The fourth-order valence-electron chi connectivity index (χ4n) is 2.87. The van der Waals surface area contributed by atoms with Gasteiger partial charge in [-0.2, -0.15) is 0 Å². The van der Waals surface area contributed by atoms with Crippen molar-refractivity contribution in [2.45, 2.75) is 19.4 Å². The van der Waals surface area contributed by atoms with Crippen molar-refractivity contribution in [1.29, 1.82) is 0 Å². The average molecular weight is 378 g/mol. The standard InChI is InChI=1S/C22H22N2O4/c25-20(23-15-22(27)28-16-18-5-2-1-3-6-18)13-10-17-8-11-19(12-9-17)24-14-4-7-21(24)26/h1-3,5-6,8-13H,4,7,14-16H2,(H,23,25)/b13-10+. The van der Waals surface area contributed by atoms with Gasteiger partial charge in [0.25, 0.3) is 0 Å². The molecule has 0 saturated carbocycles. The maximum Gasteiger partial charge on any atom is 0.325 e. The molecule has 1 aliphatic heterocycles. The minimum absolute atomic E-state index is 0.141. The summed E-state index contributed by atoms with van der Waals surface area (Å²) in [6.45, 7) is 0.736. The summed E-state index contributed by atoms with van der Waals surface area (Å²) in [7, 11) is 0. The normalized spacial score (nSPS) is 13.7. The number of nitrogens with one attached hydrogen (secondary N) is 1. The van der Waals surface area contributed by atoms with E-state index in [1.807, 2.05) is 54.6 Å². The number of anilines is 1. The number of carbonyl (C=O) groups is 3. The number of rotatable bonds is 7. The molecule has 0 atom stereocenters.